The lowest BCUT2D eigenvalue weighted by atomic mass is 9.79. The molecule has 5 unspecified atom stereocenters. The van der Waals surface area contributed by atoms with Crippen LogP contribution in [0.4, 0.5) is 10.1 Å². The summed E-state index contributed by atoms with van der Waals surface area (Å²) in [6.07, 6.45) is 2.41. The number of carbonyl (C=O) groups excluding carboxylic acids is 2. The minimum absolute atomic E-state index is 0.00892. The fraction of sp³-hybridized carbons (Fsp3) is 0.556. The van der Waals surface area contributed by atoms with Crippen molar-refractivity contribution in [2.75, 3.05) is 11.4 Å². The largest absolute Gasteiger partial charge is 0.462 e. The molecule has 4 rings (SSSR count). The van der Waals surface area contributed by atoms with Crippen molar-refractivity contribution in [2.24, 2.45) is 23.7 Å². The van der Waals surface area contributed by atoms with Crippen molar-refractivity contribution >= 4 is 17.6 Å². The minimum Gasteiger partial charge on any atom is -0.462 e. The predicted octanol–water partition coefficient (Wildman–Crippen LogP) is 2.77. The number of fused-ring (bicyclic) bond motifs is 1. The molecular weight excluding hydrogens is 297 g/mol. The molecule has 2 bridgehead atoms. The number of amides is 1. The Morgan fingerprint density at radius 2 is 2.13 bits per heavy atom. The molecule has 0 spiro atoms. The third kappa shape index (κ3) is 2.09. The lowest BCUT2D eigenvalue weighted by molar-refractivity contribution is -0.145. The first-order valence-corrected chi connectivity index (χ1v) is 8.38. The molecule has 0 aromatic heterocycles. The van der Waals surface area contributed by atoms with Gasteiger partial charge in [0.05, 0.1) is 17.5 Å². The van der Waals surface area contributed by atoms with Gasteiger partial charge in [0.1, 0.15) is 11.9 Å². The zero-order valence-electron chi connectivity index (χ0n) is 13.1. The Hall–Kier alpha value is -1.91. The molecule has 1 heterocycles. The van der Waals surface area contributed by atoms with Crippen LogP contribution in [0.25, 0.3) is 0 Å². The first-order chi connectivity index (χ1) is 11.1. The summed E-state index contributed by atoms with van der Waals surface area (Å²) in [7, 11) is 0. The highest BCUT2D eigenvalue weighted by Crippen LogP contribution is 2.58. The Morgan fingerprint density at radius 1 is 1.35 bits per heavy atom. The van der Waals surface area contributed by atoms with Gasteiger partial charge >= 0.3 is 5.97 Å². The highest BCUT2D eigenvalue weighted by atomic mass is 19.1. The molecule has 5 atom stereocenters. The Balaban J connectivity index is 1.66. The quantitative estimate of drug-likeness (QED) is 0.802. The normalized spacial score (nSPS) is 33.8. The second-order valence-corrected chi connectivity index (χ2v) is 6.86. The summed E-state index contributed by atoms with van der Waals surface area (Å²) in [6, 6.07) is 6.34. The van der Waals surface area contributed by atoms with Crippen LogP contribution in [0.1, 0.15) is 26.2 Å². The SMILES string of the molecule is CCCN(C(=O)C1C2CC3OC(=O)C1C3C2)c1ccccc1F. The second kappa shape index (κ2) is 5.32. The third-order valence-electron chi connectivity index (χ3n) is 5.62. The van der Waals surface area contributed by atoms with Crippen molar-refractivity contribution in [1.29, 1.82) is 0 Å². The fourth-order valence-electron chi connectivity index (χ4n) is 4.76. The molecule has 1 aliphatic heterocycles. The van der Waals surface area contributed by atoms with Gasteiger partial charge in [-0.05, 0) is 37.3 Å². The number of benzene rings is 1. The summed E-state index contributed by atoms with van der Waals surface area (Å²) in [5.74, 6) is -1.04. The summed E-state index contributed by atoms with van der Waals surface area (Å²) in [5, 5.41) is 0. The van der Waals surface area contributed by atoms with E-state index >= 15 is 0 Å². The first kappa shape index (κ1) is 14.7. The molecule has 1 saturated heterocycles. The maximum atomic E-state index is 14.2. The number of carbonyl (C=O) groups is 2. The summed E-state index contributed by atoms with van der Waals surface area (Å²) in [5.41, 5.74) is 0.310. The Morgan fingerprint density at radius 3 is 2.87 bits per heavy atom. The van der Waals surface area contributed by atoms with Crippen LogP contribution in [-0.2, 0) is 14.3 Å². The Labute approximate surface area is 134 Å². The maximum Gasteiger partial charge on any atom is 0.310 e. The van der Waals surface area contributed by atoms with Crippen LogP contribution < -0.4 is 4.90 Å². The molecule has 3 aliphatic rings. The monoisotopic (exact) mass is 317 g/mol. The van der Waals surface area contributed by atoms with Gasteiger partial charge in [-0.1, -0.05) is 19.1 Å². The average Bonchev–Trinajstić information content (AvgIpc) is 3.14. The molecule has 1 aromatic carbocycles. The molecular formula is C18H20FNO3. The molecule has 1 aromatic rings. The van der Waals surface area contributed by atoms with Crippen molar-refractivity contribution in [3.63, 3.8) is 0 Å². The van der Waals surface area contributed by atoms with E-state index in [9.17, 15) is 14.0 Å². The van der Waals surface area contributed by atoms with Gasteiger partial charge in [0, 0.05) is 12.5 Å². The fourth-order valence-corrected chi connectivity index (χ4v) is 4.76. The van der Waals surface area contributed by atoms with E-state index < -0.39 is 5.82 Å². The summed E-state index contributed by atoms with van der Waals surface area (Å²) < 4.78 is 19.6. The van der Waals surface area contributed by atoms with Crippen molar-refractivity contribution < 1.29 is 18.7 Å². The van der Waals surface area contributed by atoms with E-state index in [1.807, 2.05) is 6.92 Å². The Bertz CT molecular complexity index is 659. The van der Waals surface area contributed by atoms with E-state index in [-0.39, 0.29) is 41.7 Å². The molecule has 2 aliphatic carbocycles. The molecule has 4 nitrogen and oxygen atoms in total. The average molecular weight is 317 g/mol. The number of para-hydroxylation sites is 1. The number of halogens is 1. The highest BCUT2D eigenvalue weighted by Gasteiger charge is 2.64. The maximum absolute atomic E-state index is 14.2. The van der Waals surface area contributed by atoms with Gasteiger partial charge in [-0.15, -0.1) is 0 Å². The zero-order valence-corrected chi connectivity index (χ0v) is 13.1. The third-order valence-corrected chi connectivity index (χ3v) is 5.62. The zero-order chi connectivity index (χ0) is 16.1. The van der Waals surface area contributed by atoms with Gasteiger partial charge in [-0.25, -0.2) is 4.39 Å². The van der Waals surface area contributed by atoms with E-state index in [0.29, 0.717) is 12.2 Å². The number of hydrogen-bond donors (Lipinski definition) is 0. The number of ether oxygens (including phenoxy) is 1. The van der Waals surface area contributed by atoms with E-state index in [1.165, 1.54) is 11.0 Å². The van der Waals surface area contributed by atoms with E-state index in [1.54, 1.807) is 18.2 Å². The number of nitrogens with zero attached hydrogens (tertiary/aromatic N) is 1. The van der Waals surface area contributed by atoms with Crippen LogP contribution in [0, 0.1) is 29.5 Å². The van der Waals surface area contributed by atoms with E-state index in [2.05, 4.69) is 0 Å². The smallest absolute Gasteiger partial charge is 0.310 e. The number of rotatable bonds is 4. The predicted molar refractivity (Wildman–Crippen MR) is 82.1 cm³/mol. The second-order valence-electron chi connectivity index (χ2n) is 6.86. The molecule has 3 fully saturated rings. The number of anilines is 1. The van der Waals surface area contributed by atoms with Gasteiger partial charge in [-0.2, -0.15) is 0 Å². The standard InChI is InChI=1S/C18H20FNO3/c1-2-7-20(13-6-4-3-5-12(13)19)17(21)15-10-8-11-14(9-10)23-18(22)16(11)15/h3-6,10-11,14-16H,2,7-9H2,1H3. The van der Waals surface area contributed by atoms with Crippen molar-refractivity contribution in [2.45, 2.75) is 32.3 Å². The number of esters is 1. The molecule has 122 valence electrons. The van der Waals surface area contributed by atoms with E-state index in [0.717, 1.165) is 19.3 Å². The van der Waals surface area contributed by atoms with Gasteiger partial charge in [0.25, 0.3) is 0 Å². The lowest BCUT2D eigenvalue weighted by Gasteiger charge is -2.31. The highest BCUT2D eigenvalue weighted by molar-refractivity contribution is 5.98. The summed E-state index contributed by atoms with van der Waals surface area (Å²) in [6.45, 7) is 2.42. The van der Waals surface area contributed by atoms with Gasteiger partial charge in [0.2, 0.25) is 5.91 Å². The van der Waals surface area contributed by atoms with Crippen LogP contribution in [-0.4, -0.2) is 24.5 Å². The molecule has 5 heteroatoms. The molecule has 1 amide bonds. The van der Waals surface area contributed by atoms with Crippen LogP contribution in [0.2, 0.25) is 0 Å². The van der Waals surface area contributed by atoms with Crippen LogP contribution in [0.5, 0.6) is 0 Å². The van der Waals surface area contributed by atoms with Gasteiger partial charge in [0.15, 0.2) is 0 Å². The van der Waals surface area contributed by atoms with Crippen molar-refractivity contribution in [1.82, 2.24) is 0 Å². The Kier molecular flexibility index (Phi) is 3.39. The van der Waals surface area contributed by atoms with Crippen molar-refractivity contribution in [3.8, 4) is 0 Å². The lowest BCUT2D eigenvalue weighted by Crippen LogP contribution is -2.43. The first-order valence-electron chi connectivity index (χ1n) is 8.38. The minimum atomic E-state index is -0.399. The van der Waals surface area contributed by atoms with Crippen LogP contribution in [0.15, 0.2) is 24.3 Å². The molecule has 2 saturated carbocycles. The number of hydrogen-bond acceptors (Lipinski definition) is 3. The molecule has 23 heavy (non-hydrogen) atoms. The van der Waals surface area contributed by atoms with E-state index in [4.69, 9.17) is 4.74 Å². The molecule has 0 radical (unpaired) electrons. The van der Waals surface area contributed by atoms with Gasteiger partial charge in [-0.3, -0.25) is 9.59 Å². The molecule has 0 N–H and O–H groups in total. The van der Waals surface area contributed by atoms with Crippen LogP contribution in [0.3, 0.4) is 0 Å². The topological polar surface area (TPSA) is 46.6 Å². The summed E-state index contributed by atoms with van der Waals surface area (Å²) in [4.78, 5) is 26.8. The summed E-state index contributed by atoms with van der Waals surface area (Å²) >= 11 is 0. The van der Waals surface area contributed by atoms with Crippen molar-refractivity contribution in [3.05, 3.63) is 30.1 Å². The van der Waals surface area contributed by atoms with Crippen LogP contribution >= 0.6 is 0 Å². The van der Waals surface area contributed by atoms with Gasteiger partial charge < -0.3 is 9.64 Å².